The second kappa shape index (κ2) is 6.21. The van der Waals surface area contributed by atoms with E-state index in [1.165, 1.54) is 31.2 Å². The topological polar surface area (TPSA) is 41.5 Å². The monoisotopic (exact) mass is 292 g/mol. The van der Waals surface area contributed by atoms with E-state index in [9.17, 15) is 18.0 Å². The van der Waals surface area contributed by atoms with Crippen molar-refractivity contribution in [3.05, 3.63) is 71.0 Å². The minimum Gasteiger partial charge on any atom is -0.267 e. The lowest BCUT2D eigenvalue weighted by molar-refractivity contribution is 0.0950. The molecule has 1 amide bonds. The molecule has 0 fully saturated rings. The summed E-state index contributed by atoms with van der Waals surface area (Å²) in [5.74, 6) is -3.10. The molecule has 0 spiro atoms. The molecular formula is C15H11F3N2O. The Hall–Kier alpha value is -2.63. The second-order valence-corrected chi connectivity index (χ2v) is 4.21. The van der Waals surface area contributed by atoms with Crippen LogP contribution in [0.4, 0.5) is 13.2 Å². The molecule has 0 atom stereocenters. The molecule has 0 heterocycles. The summed E-state index contributed by atoms with van der Waals surface area (Å²) in [6, 6.07) is 8.72. The number of nitrogens with one attached hydrogen (secondary N) is 1. The van der Waals surface area contributed by atoms with Crippen LogP contribution in [0.1, 0.15) is 22.8 Å². The smallest absolute Gasteiger partial charge is 0.267 e. The Morgan fingerprint density at radius 2 is 1.52 bits per heavy atom. The van der Waals surface area contributed by atoms with Gasteiger partial charge < -0.3 is 0 Å². The molecule has 0 aliphatic rings. The Kier molecular flexibility index (Phi) is 4.37. The summed E-state index contributed by atoms with van der Waals surface area (Å²) in [7, 11) is 0. The molecule has 0 radical (unpaired) electrons. The van der Waals surface area contributed by atoms with Crippen molar-refractivity contribution in [3.63, 3.8) is 0 Å². The number of carbonyl (C=O) groups excluding carboxylic acids is 1. The first-order valence-corrected chi connectivity index (χ1v) is 6.04. The highest BCUT2D eigenvalue weighted by Gasteiger charge is 2.13. The molecule has 1 N–H and O–H groups in total. The third-order valence-corrected chi connectivity index (χ3v) is 2.77. The third kappa shape index (κ3) is 3.28. The van der Waals surface area contributed by atoms with Crippen molar-refractivity contribution in [2.45, 2.75) is 6.92 Å². The van der Waals surface area contributed by atoms with E-state index in [1.54, 1.807) is 0 Å². The van der Waals surface area contributed by atoms with Gasteiger partial charge in [-0.15, -0.1) is 0 Å². The number of amides is 1. The molecule has 0 aliphatic heterocycles. The normalized spacial score (nSPS) is 11.3. The average molecular weight is 292 g/mol. The lowest BCUT2D eigenvalue weighted by atomic mass is 10.1. The summed E-state index contributed by atoms with van der Waals surface area (Å²) in [5, 5.41) is 3.60. The summed E-state index contributed by atoms with van der Waals surface area (Å²) in [6.45, 7) is 1.34. The minimum atomic E-state index is -0.802. The van der Waals surface area contributed by atoms with Crippen LogP contribution in [-0.4, -0.2) is 11.6 Å². The van der Waals surface area contributed by atoms with Gasteiger partial charge in [0.2, 0.25) is 0 Å². The van der Waals surface area contributed by atoms with Crippen molar-refractivity contribution in [2.75, 3.05) is 0 Å². The number of carbonyl (C=O) groups is 1. The van der Waals surface area contributed by atoms with Crippen molar-refractivity contribution < 1.29 is 18.0 Å². The molecule has 0 bridgehead atoms. The minimum absolute atomic E-state index is 0.0599. The fourth-order valence-corrected chi connectivity index (χ4v) is 1.74. The van der Waals surface area contributed by atoms with Gasteiger partial charge in [-0.2, -0.15) is 5.10 Å². The van der Waals surface area contributed by atoms with Crippen molar-refractivity contribution in [3.8, 4) is 0 Å². The van der Waals surface area contributed by atoms with Gasteiger partial charge >= 0.3 is 0 Å². The van der Waals surface area contributed by atoms with E-state index in [1.807, 2.05) is 0 Å². The van der Waals surface area contributed by atoms with E-state index < -0.39 is 23.4 Å². The van der Waals surface area contributed by atoms with Crippen LogP contribution in [0.15, 0.2) is 47.6 Å². The van der Waals surface area contributed by atoms with Gasteiger partial charge in [0, 0.05) is 0 Å². The Morgan fingerprint density at radius 1 is 0.952 bits per heavy atom. The molecule has 108 valence electrons. The number of nitrogens with zero attached hydrogens (tertiary/aromatic N) is 1. The van der Waals surface area contributed by atoms with Gasteiger partial charge in [0.05, 0.1) is 16.8 Å². The number of hydrazone groups is 1. The summed E-state index contributed by atoms with van der Waals surface area (Å²) in [5.41, 5.74) is 1.46. The maximum Gasteiger partial charge on any atom is 0.274 e. The first-order valence-electron chi connectivity index (χ1n) is 6.04. The van der Waals surface area contributed by atoms with E-state index in [4.69, 9.17) is 0 Å². The highest BCUT2D eigenvalue weighted by molar-refractivity contribution is 6.01. The fourth-order valence-electron chi connectivity index (χ4n) is 1.74. The SMILES string of the molecule is C/C(=N/NC(=O)c1ccccc1F)c1c(F)cccc1F. The van der Waals surface area contributed by atoms with Crippen molar-refractivity contribution in [1.82, 2.24) is 5.43 Å². The van der Waals surface area contributed by atoms with Crippen LogP contribution in [0.5, 0.6) is 0 Å². The van der Waals surface area contributed by atoms with Crippen LogP contribution >= 0.6 is 0 Å². The van der Waals surface area contributed by atoms with E-state index >= 15 is 0 Å². The number of rotatable bonds is 3. The van der Waals surface area contributed by atoms with Gasteiger partial charge in [-0.1, -0.05) is 18.2 Å². The molecule has 0 aliphatic carbocycles. The lowest BCUT2D eigenvalue weighted by Crippen LogP contribution is -2.21. The van der Waals surface area contributed by atoms with Crippen LogP contribution < -0.4 is 5.43 Å². The van der Waals surface area contributed by atoms with Gasteiger partial charge in [0.1, 0.15) is 17.5 Å². The number of halogens is 3. The Morgan fingerprint density at radius 3 is 2.14 bits per heavy atom. The molecule has 2 aromatic rings. The molecule has 2 rings (SSSR count). The van der Waals surface area contributed by atoms with Gasteiger partial charge in [-0.3, -0.25) is 4.79 Å². The average Bonchev–Trinajstić information content (AvgIpc) is 2.45. The van der Waals surface area contributed by atoms with Gasteiger partial charge in [0.25, 0.3) is 5.91 Å². The quantitative estimate of drug-likeness (QED) is 0.684. The van der Waals surface area contributed by atoms with Crippen molar-refractivity contribution in [1.29, 1.82) is 0 Å². The zero-order valence-electron chi connectivity index (χ0n) is 11.0. The molecule has 0 saturated heterocycles. The lowest BCUT2D eigenvalue weighted by Gasteiger charge is -2.05. The van der Waals surface area contributed by atoms with E-state index in [0.717, 1.165) is 18.2 Å². The predicted octanol–water partition coefficient (Wildman–Crippen LogP) is 3.26. The van der Waals surface area contributed by atoms with E-state index in [0.29, 0.717) is 0 Å². The summed E-state index contributed by atoms with van der Waals surface area (Å²) in [4.78, 5) is 11.7. The second-order valence-electron chi connectivity index (χ2n) is 4.21. The molecule has 6 heteroatoms. The molecule has 0 unspecified atom stereocenters. The summed E-state index contributed by atoms with van der Waals surface area (Å²) < 4.78 is 40.4. The van der Waals surface area contributed by atoms with E-state index in [-0.39, 0.29) is 16.8 Å². The van der Waals surface area contributed by atoms with Gasteiger partial charge in [-0.05, 0) is 31.2 Å². The molecule has 0 saturated carbocycles. The third-order valence-electron chi connectivity index (χ3n) is 2.77. The Balaban J connectivity index is 2.22. The summed E-state index contributed by atoms with van der Waals surface area (Å²) in [6.07, 6.45) is 0. The van der Waals surface area contributed by atoms with Crippen LogP contribution in [-0.2, 0) is 0 Å². The first-order chi connectivity index (χ1) is 10.0. The number of benzene rings is 2. The molecule has 2 aromatic carbocycles. The van der Waals surface area contributed by atoms with Crippen molar-refractivity contribution in [2.24, 2.45) is 5.10 Å². The van der Waals surface area contributed by atoms with Crippen LogP contribution in [0.3, 0.4) is 0 Å². The number of hydrogen-bond acceptors (Lipinski definition) is 2. The van der Waals surface area contributed by atoms with E-state index in [2.05, 4.69) is 10.5 Å². The van der Waals surface area contributed by atoms with Crippen LogP contribution in [0.25, 0.3) is 0 Å². The fraction of sp³-hybridized carbons (Fsp3) is 0.0667. The zero-order chi connectivity index (χ0) is 15.4. The van der Waals surface area contributed by atoms with Crippen LogP contribution in [0.2, 0.25) is 0 Å². The summed E-state index contributed by atoms with van der Waals surface area (Å²) >= 11 is 0. The van der Waals surface area contributed by atoms with Gasteiger partial charge in [-0.25, -0.2) is 18.6 Å². The standard InChI is InChI=1S/C15H11F3N2O/c1-9(14-12(17)7-4-8-13(14)18)19-20-15(21)10-5-2-3-6-11(10)16/h2-8H,1H3,(H,20,21)/b19-9-. The van der Waals surface area contributed by atoms with Crippen LogP contribution in [0, 0.1) is 17.5 Å². The molecule has 3 nitrogen and oxygen atoms in total. The molecule has 21 heavy (non-hydrogen) atoms. The highest BCUT2D eigenvalue weighted by Crippen LogP contribution is 2.13. The first kappa shape index (κ1) is 14.8. The predicted molar refractivity (Wildman–Crippen MR) is 72.4 cm³/mol. The molecule has 0 aromatic heterocycles. The van der Waals surface area contributed by atoms with Crippen molar-refractivity contribution >= 4 is 11.6 Å². The maximum atomic E-state index is 13.5. The number of hydrogen-bond donors (Lipinski definition) is 1. The largest absolute Gasteiger partial charge is 0.274 e. The Bertz CT molecular complexity index is 694. The van der Waals surface area contributed by atoms with Gasteiger partial charge in [0.15, 0.2) is 0 Å². The molecular weight excluding hydrogens is 281 g/mol. The maximum absolute atomic E-state index is 13.5. The Labute approximate surface area is 119 Å². The zero-order valence-corrected chi connectivity index (χ0v) is 11.0. The highest BCUT2D eigenvalue weighted by atomic mass is 19.1.